The van der Waals surface area contributed by atoms with Crippen LogP contribution in [0.1, 0.15) is 27.0 Å². The van der Waals surface area contributed by atoms with Gasteiger partial charge in [0.2, 0.25) is 0 Å². The van der Waals surface area contributed by atoms with Crippen LogP contribution in [0.4, 0.5) is 11.4 Å². The summed E-state index contributed by atoms with van der Waals surface area (Å²) in [5.74, 6) is -0.180. The highest BCUT2D eigenvalue weighted by Gasteiger charge is 2.26. The lowest BCUT2D eigenvalue weighted by atomic mass is 9.96. The fraction of sp³-hybridized carbons (Fsp3) is 0.190. The molecular formula is C21H17N5O3S. The Balaban J connectivity index is 1.30. The van der Waals surface area contributed by atoms with Gasteiger partial charge in [-0.1, -0.05) is 22.7 Å². The summed E-state index contributed by atoms with van der Waals surface area (Å²) in [6, 6.07) is 11.4. The standard InChI is InChI=1S/C21H17N5O3S/c22-17-18(20(28)19(17)27)26-6-5-12-2-1-11(7-14(12)10-26)9-23-21(29)13-3-4-16-15(8-13)24-25-30-16/h1-4,7-8H,5-6,9-10,22H2,(H,23,29). The predicted octanol–water partition coefficient (Wildman–Crippen LogP) is 1.36. The molecule has 9 heteroatoms. The van der Waals surface area contributed by atoms with E-state index in [4.69, 9.17) is 5.73 Å². The normalized spacial score (nSPS) is 13.5. The summed E-state index contributed by atoms with van der Waals surface area (Å²) in [7, 11) is 0. The molecule has 2 heterocycles. The molecule has 1 amide bonds. The number of hydrogen-bond acceptors (Lipinski definition) is 8. The number of carbonyl (C=O) groups is 1. The van der Waals surface area contributed by atoms with E-state index in [-0.39, 0.29) is 11.6 Å². The number of nitrogens with one attached hydrogen (secondary N) is 1. The average molecular weight is 419 g/mol. The first-order chi connectivity index (χ1) is 14.5. The van der Waals surface area contributed by atoms with Gasteiger partial charge in [-0.15, -0.1) is 5.10 Å². The maximum atomic E-state index is 12.5. The number of nitrogens with zero attached hydrogens (tertiary/aromatic N) is 3. The molecule has 0 saturated carbocycles. The number of nitrogen functional groups attached to an aromatic ring is 1. The van der Waals surface area contributed by atoms with E-state index >= 15 is 0 Å². The molecule has 3 N–H and O–H groups in total. The second-order valence-corrected chi connectivity index (χ2v) is 8.12. The van der Waals surface area contributed by atoms with Crippen molar-refractivity contribution in [2.24, 2.45) is 0 Å². The Morgan fingerprint density at radius 1 is 1.13 bits per heavy atom. The molecule has 0 unspecified atom stereocenters. The van der Waals surface area contributed by atoms with Crippen molar-refractivity contribution in [1.29, 1.82) is 0 Å². The zero-order chi connectivity index (χ0) is 20.8. The molecule has 0 fully saturated rings. The number of nitrogens with two attached hydrogens (primary N) is 1. The Morgan fingerprint density at radius 3 is 2.83 bits per heavy atom. The van der Waals surface area contributed by atoms with Gasteiger partial charge in [-0.2, -0.15) is 0 Å². The van der Waals surface area contributed by atoms with Crippen LogP contribution in [0.2, 0.25) is 0 Å². The van der Waals surface area contributed by atoms with E-state index in [9.17, 15) is 14.4 Å². The van der Waals surface area contributed by atoms with Crippen LogP contribution in [0.15, 0.2) is 46.0 Å². The highest BCUT2D eigenvalue weighted by molar-refractivity contribution is 7.12. The van der Waals surface area contributed by atoms with Crippen LogP contribution in [0.25, 0.3) is 10.2 Å². The van der Waals surface area contributed by atoms with Crippen molar-refractivity contribution in [3.05, 3.63) is 79.1 Å². The fourth-order valence-electron chi connectivity index (χ4n) is 3.83. The maximum absolute atomic E-state index is 12.5. The van der Waals surface area contributed by atoms with E-state index in [2.05, 4.69) is 14.9 Å². The lowest BCUT2D eigenvalue weighted by Crippen LogP contribution is -2.44. The molecule has 0 aliphatic carbocycles. The maximum Gasteiger partial charge on any atom is 0.253 e. The van der Waals surface area contributed by atoms with E-state index in [0.29, 0.717) is 36.4 Å². The highest BCUT2D eigenvalue weighted by Crippen LogP contribution is 2.26. The number of amides is 1. The molecule has 0 saturated heterocycles. The number of carbonyl (C=O) groups excluding carboxylic acids is 1. The van der Waals surface area contributed by atoms with Crippen LogP contribution >= 0.6 is 11.5 Å². The fourth-order valence-corrected chi connectivity index (χ4v) is 4.37. The number of aromatic nitrogens is 2. The zero-order valence-electron chi connectivity index (χ0n) is 15.8. The summed E-state index contributed by atoms with van der Waals surface area (Å²) < 4.78 is 4.82. The van der Waals surface area contributed by atoms with Gasteiger partial charge >= 0.3 is 0 Å². The Bertz CT molecular complexity index is 1370. The van der Waals surface area contributed by atoms with Crippen LogP contribution in [0.3, 0.4) is 0 Å². The van der Waals surface area contributed by atoms with Gasteiger partial charge < -0.3 is 16.0 Å². The molecule has 0 radical (unpaired) electrons. The summed E-state index contributed by atoms with van der Waals surface area (Å²) in [6.45, 7) is 1.54. The minimum Gasteiger partial charge on any atom is -0.394 e. The first kappa shape index (κ1) is 18.4. The third-order valence-electron chi connectivity index (χ3n) is 5.48. The van der Waals surface area contributed by atoms with Crippen molar-refractivity contribution >= 4 is 39.0 Å². The molecule has 1 aliphatic rings. The number of fused-ring (bicyclic) bond motifs is 2. The molecular weight excluding hydrogens is 402 g/mol. The van der Waals surface area contributed by atoms with E-state index in [1.54, 1.807) is 12.1 Å². The third-order valence-corrected chi connectivity index (χ3v) is 6.19. The van der Waals surface area contributed by atoms with Crippen molar-refractivity contribution in [3.63, 3.8) is 0 Å². The van der Waals surface area contributed by atoms with E-state index in [1.165, 1.54) is 17.1 Å². The monoisotopic (exact) mass is 419 g/mol. The Labute approximate surface area is 174 Å². The minimum atomic E-state index is -0.598. The van der Waals surface area contributed by atoms with Crippen LogP contribution < -0.4 is 26.8 Å². The molecule has 1 aliphatic heterocycles. The third kappa shape index (κ3) is 3.03. The topological polar surface area (TPSA) is 118 Å². The second-order valence-electron chi connectivity index (χ2n) is 7.33. The number of anilines is 2. The molecule has 30 heavy (non-hydrogen) atoms. The largest absolute Gasteiger partial charge is 0.394 e. The molecule has 3 aromatic carbocycles. The van der Waals surface area contributed by atoms with E-state index in [1.807, 2.05) is 29.2 Å². The quantitative estimate of drug-likeness (QED) is 0.480. The van der Waals surface area contributed by atoms with Crippen LogP contribution in [-0.4, -0.2) is 22.0 Å². The van der Waals surface area contributed by atoms with Gasteiger partial charge in [0, 0.05) is 25.2 Å². The molecule has 5 rings (SSSR count). The lowest BCUT2D eigenvalue weighted by molar-refractivity contribution is 0.0951. The number of hydrogen-bond donors (Lipinski definition) is 2. The van der Waals surface area contributed by atoms with Gasteiger partial charge in [0.25, 0.3) is 16.8 Å². The van der Waals surface area contributed by atoms with Crippen molar-refractivity contribution in [2.75, 3.05) is 17.2 Å². The molecule has 4 aromatic rings. The first-order valence-corrected chi connectivity index (χ1v) is 10.2. The summed E-state index contributed by atoms with van der Waals surface area (Å²) in [4.78, 5) is 37.6. The molecule has 0 bridgehead atoms. The van der Waals surface area contributed by atoms with Crippen molar-refractivity contribution in [3.8, 4) is 0 Å². The van der Waals surface area contributed by atoms with E-state index < -0.39 is 10.9 Å². The van der Waals surface area contributed by atoms with Crippen molar-refractivity contribution in [1.82, 2.24) is 14.9 Å². The summed E-state index contributed by atoms with van der Waals surface area (Å²) in [6.07, 6.45) is 0.766. The number of rotatable bonds is 4. The average Bonchev–Trinajstić information content (AvgIpc) is 3.25. The van der Waals surface area contributed by atoms with Gasteiger partial charge in [-0.3, -0.25) is 14.4 Å². The summed E-state index contributed by atoms with van der Waals surface area (Å²) in [5.41, 5.74) is 9.45. The molecule has 0 spiro atoms. The van der Waals surface area contributed by atoms with Crippen LogP contribution in [0.5, 0.6) is 0 Å². The Kier molecular flexibility index (Phi) is 4.32. The Morgan fingerprint density at radius 2 is 2.00 bits per heavy atom. The van der Waals surface area contributed by atoms with Crippen LogP contribution in [-0.2, 0) is 19.5 Å². The van der Waals surface area contributed by atoms with E-state index in [0.717, 1.165) is 22.2 Å². The number of benzene rings is 2. The van der Waals surface area contributed by atoms with Gasteiger partial charge in [-0.25, -0.2) is 0 Å². The summed E-state index contributed by atoms with van der Waals surface area (Å²) in [5, 5.41) is 6.93. The van der Waals surface area contributed by atoms with Crippen LogP contribution in [0, 0.1) is 0 Å². The molecule has 0 atom stereocenters. The van der Waals surface area contributed by atoms with Crippen molar-refractivity contribution < 1.29 is 4.79 Å². The van der Waals surface area contributed by atoms with Crippen molar-refractivity contribution in [2.45, 2.75) is 19.5 Å². The van der Waals surface area contributed by atoms with Gasteiger partial charge in [0.05, 0.1) is 4.70 Å². The zero-order valence-corrected chi connectivity index (χ0v) is 16.7. The minimum absolute atomic E-state index is 0.0548. The molecule has 1 aromatic heterocycles. The smallest absolute Gasteiger partial charge is 0.253 e. The lowest BCUT2D eigenvalue weighted by Gasteiger charge is -2.32. The van der Waals surface area contributed by atoms with Gasteiger partial charge in [-0.05, 0) is 52.8 Å². The highest BCUT2D eigenvalue weighted by atomic mass is 32.1. The second kappa shape index (κ2) is 7.03. The SMILES string of the molecule is Nc1c(N2CCc3ccc(CNC(=O)c4ccc5snnc5c4)cc3C2)c(=O)c1=O. The molecule has 150 valence electrons. The molecule has 8 nitrogen and oxygen atoms in total. The van der Waals surface area contributed by atoms with Gasteiger partial charge in [0.15, 0.2) is 0 Å². The van der Waals surface area contributed by atoms with Gasteiger partial charge in [0.1, 0.15) is 16.9 Å². The predicted molar refractivity (Wildman–Crippen MR) is 116 cm³/mol. The first-order valence-electron chi connectivity index (χ1n) is 9.46. The Hall–Kier alpha value is -3.59. The summed E-state index contributed by atoms with van der Waals surface area (Å²) >= 11 is 1.29.